The highest BCUT2D eigenvalue weighted by molar-refractivity contribution is 7.52. The largest absolute Gasteiger partial charge is 0.462 e. The van der Waals surface area contributed by atoms with Crippen molar-refractivity contribution in [2.24, 2.45) is 0 Å². The number of halogens is 1. The van der Waals surface area contributed by atoms with Crippen molar-refractivity contribution in [2.45, 2.75) is 63.2 Å². The number of rotatable bonds is 10. The molecule has 1 aromatic carbocycles. The average Bonchev–Trinajstić information content (AvgIpc) is 3.01. The van der Waals surface area contributed by atoms with Crippen LogP contribution in [0, 0.1) is 0 Å². The minimum Gasteiger partial charge on any atom is -0.462 e. The third-order valence-corrected chi connectivity index (χ3v) is 7.31. The van der Waals surface area contributed by atoms with Gasteiger partial charge in [0.05, 0.1) is 12.7 Å². The van der Waals surface area contributed by atoms with Gasteiger partial charge in [-0.2, -0.15) is 5.09 Å². The molecule has 1 fully saturated rings. The molecule has 2 heterocycles. The van der Waals surface area contributed by atoms with E-state index in [2.05, 4.69) is 10.1 Å². The van der Waals surface area contributed by atoms with Crippen molar-refractivity contribution in [2.75, 3.05) is 6.61 Å². The maximum Gasteiger partial charge on any atom is 0.459 e. The van der Waals surface area contributed by atoms with Crippen molar-refractivity contribution >= 4 is 25.3 Å². The van der Waals surface area contributed by atoms with E-state index < -0.39 is 67.0 Å². The first-order chi connectivity index (χ1) is 16.8. The molecule has 6 atom stereocenters. The molecule has 1 aliphatic rings. The summed E-state index contributed by atoms with van der Waals surface area (Å²) in [6.07, 6.45) is -2.92. The lowest BCUT2D eigenvalue weighted by Gasteiger charge is -2.26. The monoisotopic (exact) mass is 545 g/mol. The SMILES string of the molecule is CC(C)OC(=O)[C@@H](C)N[P@](=O)(OCC1O[C@@H](n2ccc(=O)[nH]c2=O)[C@](C)(Cl)[C@@H]1O)Oc1ccccc1. The van der Waals surface area contributed by atoms with Crippen LogP contribution >= 0.6 is 19.3 Å². The predicted octanol–water partition coefficient (Wildman–Crippen LogP) is 1.93. The van der Waals surface area contributed by atoms with Crippen LogP contribution in [0.4, 0.5) is 0 Å². The number of esters is 1. The minimum absolute atomic E-state index is 0.200. The number of aromatic nitrogens is 2. The van der Waals surface area contributed by atoms with Gasteiger partial charge in [0, 0.05) is 12.3 Å². The number of nitrogens with one attached hydrogen (secondary N) is 2. The second-order valence-corrected chi connectivity index (χ2v) is 11.2. The second-order valence-electron chi connectivity index (χ2n) is 8.67. The van der Waals surface area contributed by atoms with Gasteiger partial charge in [-0.25, -0.2) is 9.36 Å². The maximum absolute atomic E-state index is 13.6. The summed E-state index contributed by atoms with van der Waals surface area (Å²) in [6, 6.07) is 8.18. The van der Waals surface area contributed by atoms with Crippen LogP contribution in [0.25, 0.3) is 0 Å². The van der Waals surface area contributed by atoms with E-state index in [0.29, 0.717) is 0 Å². The summed E-state index contributed by atoms with van der Waals surface area (Å²) in [6.45, 7) is 5.75. The van der Waals surface area contributed by atoms with E-state index in [-0.39, 0.29) is 5.75 Å². The van der Waals surface area contributed by atoms with Crippen molar-refractivity contribution in [3.63, 3.8) is 0 Å². The van der Waals surface area contributed by atoms with Gasteiger partial charge in [0.2, 0.25) is 0 Å². The number of aromatic amines is 1. The molecule has 0 amide bonds. The number of carbonyl (C=O) groups excluding carboxylic acids is 1. The van der Waals surface area contributed by atoms with Crippen LogP contribution in [0.2, 0.25) is 0 Å². The van der Waals surface area contributed by atoms with Gasteiger partial charge in [-0.05, 0) is 39.8 Å². The standard InChI is InChI=1S/C22H29ClN3O9P/c1-13(2)33-19(29)14(3)25-36(31,35-15-8-6-5-7-9-15)32-12-16-18(28)22(4,23)20(34-16)26-11-10-17(27)24-21(26)30/h5-11,13-14,16,18,20,28H,12H2,1-4H3,(H,25,31)(H,24,27,30)/t14-,16?,18-,20-,22-,36+/m1/s1. The highest BCUT2D eigenvalue weighted by atomic mass is 35.5. The summed E-state index contributed by atoms with van der Waals surface area (Å²) < 4.78 is 36.7. The Balaban J connectivity index is 1.80. The molecular formula is C22H29ClN3O9P. The highest BCUT2D eigenvalue weighted by Gasteiger charge is 2.54. The van der Waals surface area contributed by atoms with E-state index in [9.17, 15) is 24.1 Å². The van der Waals surface area contributed by atoms with Gasteiger partial charge in [0.25, 0.3) is 5.56 Å². The number of carbonyl (C=O) groups is 1. The molecule has 12 nitrogen and oxygen atoms in total. The van der Waals surface area contributed by atoms with Crippen LogP contribution in [-0.4, -0.2) is 56.5 Å². The van der Waals surface area contributed by atoms with E-state index in [1.165, 1.54) is 20.0 Å². The molecule has 36 heavy (non-hydrogen) atoms. The first kappa shape index (κ1) is 28.1. The van der Waals surface area contributed by atoms with E-state index in [0.717, 1.165) is 10.6 Å². The number of benzene rings is 1. The Labute approximate surface area is 212 Å². The van der Waals surface area contributed by atoms with Crippen molar-refractivity contribution in [1.82, 2.24) is 14.6 Å². The van der Waals surface area contributed by atoms with Crippen LogP contribution in [0.3, 0.4) is 0 Å². The summed E-state index contributed by atoms with van der Waals surface area (Å²) in [4.78, 5) is 36.5. The molecule has 14 heteroatoms. The number of H-pyrrole nitrogens is 1. The number of aliphatic hydroxyl groups excluding tert-OH is 1. The first-order valence-corrected chi connectivity index (χ1v) is 13.1. The predicted molar refractivity (Wildman–Crippen MR) is 130 cm³/mol. The van der Waals surface area contributed by atoms with Gasteiger partial charge in [0.1, 0.15) is 28.9 Å². The molecule has 1 saturated heterocycles. The van der Waals surface area contributed by atoms with Gasteiger partial charge < -0.3 is 19.1 Å². The summed E-state index contributed by atoms with van der Waals surface area (Å²) in [7, 11) is -4.22. The van der Waals surface area contributed by atoms with E-state index in [1.807, 2.05) is 0 Å². The third-order valence-electron chi connectivity index (χ3n) is 5.26. The lowest BCUT2D eigenvalue weighted by atomic mass is 10.0. The summed E-state index contributed by atoms with van der Waals surface area (Å²) >= 11 is 6.52. The van der Waals surface area contributed by atoms with Crippen LogP contribution in [0.15, 0.2) is 52.2 Å². The van der Waals surface area contributed by atoms with Crippen molar-refractivity contribution < 1.29 is 33.0 Å². The van der Waals surface area contributed by atoms with Crippen molar-refractivity contribution in [1.29, 1.82) is 0 Å². The Morgan fingerprint density at radius 1 is 1.28 bits per heavy atom. The van der Waals surface area contributed by atoms with Crippen LogP contribution in [-0.2, 0) is 23.4 Å². The van der Waals surface area contributed by atoms with E-state index >= 15 is 0 Å². The number of hydrogen-bond donors (Lipinski definition) is 3. The molecule has 0 aliphatic carbocycles. The number of nitrogens with zero attached hydrogens (tertiary/aromatic N) is 1. The number of aliphatic hydroxyl groups is 1. The first-order valence-electron chi connectivity index (χ1n) is 11.1. The lowest BCUT2D eigenvalue weighted by molar-refractivity contribution is -0.149. The normalized spacial score (nSPS) is 26.4. The zero-order valence-electron chi connectivity index (χ0n) is 20.1. The van der Waals surface area contributed by atoms with E-state index in [1.54, 1.807) is 44.2 Å². The fourth-order valence-electron chi connectivity index (χ4n) is 3.47. The molecular weight excluding hydrogens is 517 g/mol. The molecule has 0 radical (unpaired) electrons. The average molecular weight is 546 g/mol. The molecule has 1 unspecified atom stereocenters. The Bertz CT molecular complexity index is 1220. The van der Waals surface area contributed by atoms with Gasteiger partial charge in [-0.1, -0.05) is 18.2 Å². The molecule has 0 saturated carbocycles. The van der Waals surface area contributed by atoms with Gasteiger partial charge >= 0.3 is 19.4 Å². The van der Waals surface area contributed by atoms with Gasteiger partial charge in [0.15, 0.2) is 6.23 Å². The Morgan fingerprint density at radius 2 is 1.94 bits per heavy atom. The smallest absolute Gasteiger partial charge is 0.459 e. The second kappa shape index (κ2) is 11.3. The Morgan fingerprint density at radius 3 is 2.56 bits per heavy atom. The van der Waals surface area contributed by atoms with Gasteiger partial charge in [-0.3, -0.25) is 23.7 Å². The molecule has 3 N–H and O–H groups in total. The zero-order chi connectivity index (χ0) is 26.7. The maximum atomic E-state index is 13.6. The van der Waals surface area contributed by atoms with Gasteiger partial charge in [-0.15, -0.1) is 11.6 Å². The van der Waals surface area contributed by atoms with Crippen molar-refractivity contribution in [3.05, 3.63) is 63.4 Å². The third kappa shape index (κ3) is 6.64. The van der Waals surface area contributed by atoms with Crippen molar-refractivity contribution in [3.8, 4) is 5.75 Å². The topological polar surface area (TPSA) is 158 Å². The summed E-state index contributed by atoms with van der Waals surface area (Å²) in [5.41, 5.74) is -1.40. The number of ether oxygens (including phenoxy) is 2. The van der Waals surface area contributed by atoms with Crippen LogP contribution in [0.1, 0.15) is 33.9 Å². The van der Waals surface area contributed by atoms with E-state index in [4.69, 9.17) is 30.1 Å². The highest BCUT2D eigenvalue weighted by Crippen LogP contribution is 2.48. The number of hydrogen-bond acceptors (Lipinski definition) is 9. The summed E-state index contributed by atoms with van der Waals surface area (Å²) in [5, 5.41) is 13.3. The fraction of sp³-hybridized carbons (Fsp3) is 0.500. The number of para-hydroxylation sites is 1. The summed E-state index contributed by atoms with van der Waals surface area (Å²) in [5.74, 6) is -0.473. The molecule has 2 aromatic rings. The molecule has 198 valence electrons. The molecule has 3 rings (SSSR count). The van der Waals surface area contributed by atoms with Crippen LogP contribution < -0.4 is 20.9 Å². The molecule has 1 aromatic heterocycles. The minimum atomic E-state index is -4.22. The Hall–Kier alpha value is -2.47. The fourth-order valence-corrected chi connectivity index (χ4v) is 5.27. The molecule has 0 spiro atoms. The zero-order valence-corrected chi connectivity index (χ0v) is 21.8. The lowest BCUT2D eigenvalue weighted by Crippen LogP contribution is -2.43. The quantitative estimate of drug-likeness (QED) is 0.229. The molecule has 0 bridgehead atoms. The Kier molecular flexibility index (Phi) is 8.81. The number of alkyl halides is 1. The van der Waals surface area contributed by atoms with Crippen LogP contribution in [0.5, 0.6) is 5.75 Å². The molecule has 1 aliphatic heterocycles.